The molecule has 4 heterocycles. The van der Waals surface area contributed by atoms with Crippen LogP contribution in [0.1, 0.15) is 19.3 Å². The molecule has 3 saturated heterocycles. The van der Waals surface area contributed by atoms with Crippen molar-refractivity contribution < 1.29 is 19.0 Å². The first-order valence-electron chi connectivity index (χ1n) is 9.59. The zero-order valence-electron chi connectivity index (χ0n) is 16.0. The van der Waals surface area contributed by atoms with Gasteiger partial charge in [0.2, 0.25) is 17.7 Å². The summed E-state index contributed by atoms with van der Waals surface area (Å²) >= 11 is 0. The highest BCUT2D eigenvalue weighted by atomic mass is 16.6. The molecule has 4 rings (SSSR count). The van der Waals surface area contributed by atoms with Gasteiger partial charge in [-0.3, -0.25) is 4.90 Å². The molecule has 0 N–H and O–H groups in total. The standard InChI is InChI=1S/C18H27N5O4/c1-25-15-10-16(26-2)20-17(19-15)22-11-13-14(12-22)27-18(24)23(13)9-8-21-6-4-3-5-7-21/h10,13-14H,3-9,11-12H2,1-2H3/t13-,14+/m0/s1. The lowest BCUT2D eigenvalue weighted by Gasteiger charge is -2.29. The van der Waals surface area contributed by atoms with Gasteiger partial charge in [-0.1, -0.05) is 6.42 Å². The molecule has 9 nitrogen and oxygen atoms in total. The SMILES string of the molecule is COc1cc(OC)nc(N2C[C@H]3OC(=O)N(CCN4CCCCC4)[C@H]3C2)n1. The van der Waals surface area contributed by atoms with Gasteiger partial charge in [-0.2, -0.15) is 9.97 Å². The van der Waals surface area contributed by atoms with Gasteiger partial charge in [0, 0.05) is 19.6 Å². The Kier molecular flexibility index (Phi) is 5.20. The number of nitrogens with zero attached hydrogens (tertiary/aromatic N) is 5. The molecule has 0 aliphatic carbocycles. The van der Waals surface area contributed by atoms with Gasteiger partial charge < -0.3 is 24.0 Å². The third kappa shape index (κ3) is 3.73. The Morgan fingerprint density at radius 3 is 2.44 bits per heavy atom. The van der Waals surface area contributed by atoms with E-state index < -0.39 is 0 Å². The fraction of sp³-hybridized carbons (Fsp3) is 0.722. The monoisotopic (exact) mass is 377 g/mol. The summed E-state index contributed by atoms with van der Waals surface area (Å²) in [5.74, 6) is 1.44. The van der Waals surface area contributed by atoms with Crippen molar-refractivity contribution in [3.05, 3.63) is 6.07 Å². The van der Waals surface area contributed by atoms with Crippen LogP contribution >= 0.6 is 0 Å². The Hall–Kier alpha value is -2.29. The molecule has 3 aliphatic rings. The Bertz CT molecular complexity index is 659. The molecule has 1 amide bonds. The molecule has 148 valence electrons. The number of rotatable bonds is 6. The summed E-state index contributed by atoms with van der Waals surface area (Å²) in [7, 11) is 3.13. The third-order valence-electron chi connectivity index (χ3n) is 5.60. The molecule has 2 atom stereocenters. The highest BCUT2D eigenvalue weighted by Crippen LogP contribution is 2.30. The number of likely N-dealkylation sites (tertiary alicyclic amines) is 1. The minimum atomic E-state index is -0.203. The van der Waals surface area contributed by atoms with Crippen molar-refractivity contribution in [1.82, 2.24) is 19.8 Å². The number of hydrogen-bond acceptors (Lipinski definition) is 8. The average Bonchev–Trinajstić information content (AvgIpc) is 3.24. The Morgan fingerprint density at radius 1 is 1.07 bits per heavy atom. The summed E-state index contributed by atoms with van der Waals surface area (Å²) in [5, 5.41) is 0. The van der Waals surface area contributed by atoms with Crippen LogP contribution < -0.4 is 14.4 Å². The zero-order valence-corrected chi connectivity index (χ0v) is 16.0. The first-order chi connectivity index (χ1) is 13.2. The number of ether oxygens (including phenoxy) is 3. The van der Waals surface area contributed by atoms with Gasteiger partial charge in [-0.25, -0.2) is 4.79 Å². The second kappa shape index (κ2) is 7.75. The summed E-state index contributed by atoms with van der Waals surface area (Å²) in [6.45, 7) is 5.08. The van der Waals surface area contributed by atoms with Crippen LogP contribution in [0.15, 0.2) is 6.07 Å². The minimum Gasteiger partial charge on any atom is -0.481 e. The lowest BCUT2D eigenvalue weighted by molar-refractivity contribution is 0.132. The fourth-order valence-corrected chi connectivity index (χ4v) is 4.10. The number of anilines is 1. The smallest absolute Gasteiger partial charge is 0.410 e. The molecular formula is C18H27N5O4. The molecule has 27 heavy (non-hydrogen) atoms. The van der Waals surface area contributed by atoms with Gasteiger partial charge >= 0.3 is 6.09 Å². The molecule has 1 aromatic heterocycles. The zero-order chi connectivity index (χ0) is 18.8. The first kappa shape index (κ1) is 18.1. The van der Waals surface area contributed by atoms with E-state index in [-0.39, 0.29) is 18.2 Å². The molecule has 0 saturated carbocycles. The van der Waals surface area contributed by atoms with Crippen LogP contribution in [0, 0.1) is 0 Å². The highest BCUT2D eigenvalue weighted by Gasteiger charge is 2.48. The van der Waals surface area contributed by atoms with Gasteiger partial charge in [0.1, 0.15) is 6.10 Å². The molecule has 0 bridgehead atoms. The Labute approximate surface area is 159 Å². The number of carbonyl (C=O) groups is 1. The number of hydrogen-bond donors (Lipinski definition) is 0. The van der Waals surface area contributed by atoms with E-state index in [0.29, 0.717) is 37.3 Å². The van der Waals surface area contributed by atoms with Crippen LogP contribution in [0.5, 0.6) is 11.8 Å². The van der Waals surface area contributed by atoms with Crippen LogP contribution in [-0.2, 0) is 4.74 Å². The number of aromatic nitrogens is 2. The Balaban J connectivity index is 1.42. The molecule has 0 unspecified atom stereocenters. The van der Waals surface area contributed by atoms with E-state index in [1.807, 2.05) is 9.80 Å². The maximum Gasteiger partial charge on any atom is 0.410 e. The molecule has 0 radical (unpaired) electrons. The Morgan fingerprint density at radius 2 is 1.78 bits per heavy atom. The summed E-state index contributed by atoms with van der Waals surface area (Å²) in [4.78, 5) is 27.5. The highest BCUT2D eigenvalue weighted by molar-refractivity contribution is 5.71. The van der Waals surface area contributed by atoms with Crippen LogP contribution in [0.3, 0.4) is 0 Å². The molecule has 0 spiro atoms. The third-order valence-corrected chi connectivity index (χ3v) is 5.60. The van der Waals surface area contributed by atoms with Crippen LogP contribution in [0.25, 0.3) is 0 Å². The van der Waals surface area contributed by atoms with Gasteiger partial charge in [0.25, 0.3) is 0 Å². The van der Waals surface area contributed by atoms with Gasteiger partial charge in [0.15, 0.2) is 0 Å². The van der Waals surface area contributed by atoms with E-state index in [4.69, 9.17) is 14.2 Å². The quantitative estimate of drug-likeness (QED) is 0.726. The van der Waals surface area contributed by atoms with Crippen molar-refractivity contribution in [3.63, 3.8) is 0 Å². The van der Waals surface area contributed by atoms with Gasteiger partial charge in [-0.05, 0) is 25.9 Å². The summed E-state index contributed by atoms with van der Waals surface area (Å²) in [5.41, 5.74) is 0. The van der Waals surface area contributed by atoms with Crippen molar-refractivity contribution in [1.29, 1.82) is 0 Å². The van der Waals surface area contributed by atoms with E-state index in [2.05, 4.69) is 14.9 Å². The van der Waals surface area contributed by atoms with Crippen LogP contribution in [-0.4, -0.2) is 91.5 Å². The van der Waals surface area contributed by atoms with E-state index in [0.717, 1.165) is 19.6 Å². The van der Waals surface area contributed by atoms with Crippen LogP contribution in [0.2, 0.25) is 0 Å². The normalized spacial score (nSPS) is 25.5. The molecule has 9 heteroatoms. The van der Waals surface area contributed by atoms with E-state index in [9.17, 15) is 4.79 Å². The summed E-state index contributed by atoms with van der Waals surface area (Å²) in [6.07, 6.45) is 3.45. The second-order valence-electron chi connectivity index (χ2n) is 7.24. The van der Waals surface area contributed by atoms with E-state index >= 15 is 0 Å². The average molecular weight is 377 g/mol. The van der Waals surface area contributed by atoms with E-state index in [1.165, 1.54) is 19.3 Å². The van der Waals surface area contributed by atoms with Crippen molar-refractivity contribution in [2.45, 2.75) is 31.4 Å². The molecular weight excluding hydrogens is 350 g/mol. The largest absolute Gasteiger partial charge is 0.481 e. The van der Waals surface area contributed by atoms with Crippen molar-refractivity contribution in [2.24, 2.45) is 0 Å². The summed E-state index contributed by atoms with van der Waals surface area (Å²) < 4.78 is 16.1. The second-order valence-corrected chi connectivity index (χ2v) is 7.24. The lowest BCUT2D eigenvalue weighted by Crippen LogP contribution is -2.43. The topological polar surface area (TPSA) is 80.3 Å². The fourth-order valence-electron chi connectivity index (χ4n) is 4.10. The number of fused-ring (bicyclic) bond motifs is 1. The maximum absolute atomic E-state index is 12.3. The number of amides is 1. The minimum absolute atomic E-state index is 0.0306. The number of piperidine rings is 1. The molecule has 1 aromatic rings. The van der Waals surface area contributed by atoms with Crippen molar-refractivity contribution in [3.8, 4) is 11.8 Å². The van der Waals surface area contributed by atoms with Crippen molar-refractivity contribution in [2.75, 3.05) is 58.4 Å². The summed E-state index contributed by atoms with van der Waals surface area (Å²) in [6, 6.07) is 1.67. The first-order valence-corrected chi connectivity index (χ1v) is 9.59. The predicted octanol–water partition coefficient (Wildman–Crippen LogP) is 0.989. The van der Waals surface area contributed by atoms with Crippen molar-refractivity contribution >= 4 is 12.0 Å². The maximum atomic E-state index is 12.3. The van der Waals surface area contributed by atoms with Crippen LogP contribution in [0.4, 0.5) is 10.7 Å². The van der Waals surface area contributed by atoms with Gasteiger partial charge in [-0.15, -0.1) is 0 Å². The molecule has 3 fully saturated rings. The predicted molar refractivity (Wildman–Crippen MR) is 98.4 cm³/mol. The van der Waals surface area contributed by atoms with Gasteiger partial charge in [0.05, 0.1) is 32.9 Å². The number of carbonyl (C=O) groups excluding carboxylic acids is 1. The number of methoxy groups -OCH3 is 2. The molecule has 0 aromatic carbocycles. The van der Waals surface area contributed by atoms with E-state index in [1.54, 1.807) is 20.3 Å². The molecule has 3 aliphatic heterocycles. The lowest BCUT2D eigenvalue weighted by atomic mass is 10.1.